The van der Waals surface area contributed by atoms with Crippen LogP contribution in [-0.4, -0.2) is 73.6 Å². The number of hydrogen-bond donors (Lipinski definition) is 6. The van der Waals surface area contributed by atoms with E-state index in [0.717, 1.165) is 0 Å². The van der Waals surface area contributed by atoms with Crippen LogP contribution in [0.15, 0.2) is 29.0 Å². The molecule has 4 rings (SSSR count). The van der Waals surface area contributed by atoms with Crippen LogP contribution in [0.5, 0.6) is 5.75 Å². The highest BCUT2D eigenvalue weighted by Gasteiger charge is 2.65. The second-order valence-electron chi connectivity index (χ2n) is 8.47. The molecule has 5 unspecified atom stereocenters. The van der Waals surface area contributed by atoms with Crippen molar-refractivity contribution in [3.05, 3.63) is 45.2 Å². The number of carbonyl (C=O) groups is 3. The van der Waals surface area contributed by atoms with E-state index in [1.165, 1.54) is 31.1 Å². The number of carbonyl (C=O) groups excluding carboxylic acids is 3. The van der Waals surface area contributed by atoms with Crippen molar-refractivity contribution in [3.8, 4) is 5.75 Å². The summed E-state index contributed by atoms with van der Waals surface area (Å²) in [5, 5.41) is 54.4. The van der Waals surface area contributed by atoms with E-state index in [-0.39, 0.29) is 104 Å². The van der Waals surface area contributed by atoms with E-state index in [4.69, 9.17) is 17.3 Å². The van der Waals surface area contributed by atoms with Crippen molar-refractivity contribution in [2.24, 2.45) is 17.6 Å². The number of primary amides is 1. The Bertz CT molecular complexity index is 1160. The number of phenols is 1. The maximum atomic E-state index is 13.6. The van der Waals surface area contributed by atoms with Gasteiger partial charge in [-0.15, -0.1) is 0 Å². The third-order valence-corrected chi connectivity index (χ3v) is 6.97. The van der Waals surface area contributed by atoms with E-state index >= 15 is 0 Å². The third kappa shape index (κ3) is 7.60. The van der Waals surface area contributed by atoms with E-state index in [9.17, 15) is 39.9 Å². The van der Waals surface area contributed by atoms with Gasteiger partial charge in [-0.1, -0.05) is 93.3 Å². The summed E-state index contributed by atoms with van der Waals surface area (Å²) in [4.78, 5) is 39.8. The molecule has 1 amide bonds. The van der Waals surface area contributed by atoms with E-state index in [2.05, 4.69) is 0 Å². The molecule has 1 saturated carbocycles. The molecule has 1 aromatic carbocycles. The lowest BCUT2D eigenvalue weighted by Crippen LogP contribution is -2.66. The molecular weight excluding hydrogens is 576 g/mol. The topological polar surface area (TPSA) is 182 Å². The lowest BCUT2D eigenvalue weighted by Gasteiger charge is -2.51. The zero-order valence-electron chi connectivity index (χ0n) is 17.0. The number of aliphatic hydroxyl groups is 4. The highest BCUT2D eigenvalue weighted by molar-refractivity contribution is 6.32. The number of amides is 1. The quantitative estimate of drug-likeness (QED) is 0.184. The van der Waals surface area contributed by atoms with E-state index < -0.39 is 75.5 Å². The first-order chi connectivity index (χ1) is 14.8. The maximum Gasteiger partial charge on any atom is 0.255 e. The molecule has 0 aliphatic heterocycles. The van der Waals surface area contributed by atoms with Crippen LogP contribution in [0.4, 0.5) is 0 Å². The Hall–Kier alpha value is -2.92. The molecule has 0 radical (unpaired) electrons. The third-order valence-electron chi connectivity index (χ3n) is 6.64. The average Bonchev–Trinajstić information content (AvgIpc) is 2.69. The molecule has 10 nitrogen and oxygen atoms in total. The number of fused-ring (bicyclic) bond motifs is 3. The minimum atomic E-state index is -2.77. The zero-order chi connectivity index (χ0) is 23.9. The number of phenolic OH excluding ortho intramolecular Hbond substituents is 1. The van der Waals surface area contributed by atoms with Gasteiger partial charge in [0.25, 0.3) is 5.91 Å². The molecule has 0 heterocycles. The van der Waals surface area contributed by atoms with Crippen LogP contribution < -0.4 is 5.73 Å². The predicted octanol–water partition coefficient (Wildman–Crippen LogP) is 7.11. The fourth-order valence-corrected chi connectivity index (χ4v) is 5.51. The van der Waals surface area contributed by atoms with Gasteiger partial charge in [-0.25, -0.2) is 0 Å². The molecule has 0 spiro atoms. The molecule has 3 aliphatic rings. The van der Waals surface area contributed by atoms with Gasteiger partial charge in [-0.2, -0.15) is 0 Å². The minimum absolute atomic E-state index is 0. The van der Waals surface area contributed by atoms with Crippen molar-refractivity contribution in [1.82, 2.24) is 4.90 Å². The molecule has 11 heteroatoms. The second-order valence-corrected chi connectivity index (χ2v) is 8.87. The number of hydrogen-bond acceptors (Lipinski definition) is 9. The van der Waals surface area contributed by atoms with Gasteiger partial charge >= 0.3 is 0 Å². The fourth-order valence-electron chi connectivity index (χ4n) is 5.24. The first kappa shape index (κ1) is 59.5. The number of nitrogens with zero attached hydrogens (tertiary/aromatic N) is 1. The van der Waals surface area contributed by atoms with Crippen LogP contribution in [0.1, 0.15) is 105 Å². The average molecular weight is 641 g/mol. The van der Waals surface area contributed by atoms with Gasteiger partial charge in [0.1, 0.15) is 22.8 Å². The Balaban J connectivity index is -0.000000186. The van der Waals surface area contributed by atoms with Gasteiger partial charge in [-0.3, -0.25) is 19.3 Å². The highest BCUT2D eigenvalue weighted by Crippen LogP contribution is 2.56. The van der Waals surface area contributed by atoms with E-state index in [0.29, 0.717) is 0 Å². The predicted molar refractivity (Wildman–Crippen MR) is 185 cm³/mol. The van der Waals surface area contributed by atoms with Gasteiger partial charge in [-0.05, 0) is 32.6 Å². The van der Waals surface area contributed by atoms with E-state index in [1.807, 2.05) is 0 Å². The summed E-state index contributed by atoms with van der Waals surface area (Å²) in [7, 11) is 2.97. The molecule has 43 heavy (non-hydrogen) atoms. The monoisotopic (exact) mass is 640 g/mol. The molecule has 7 N–H and O–H groups in total. The standard InChI is InChI=1S/C21H21ClN2O8.11CH4/c1-24(2)14-7-5-6-10(16(27)12-9(25)4-3-8(22)11(12)15(6)26)18(29)21(7,32)19(30)13(17(14)28)20(23)31;;;;;;;;;;;/h3-4,6-7,14-15,25-27,30,32H,5H2,1-2H3,(H2,23,31);11*1H4. The Morgan fingerprint density at radius 2 is 1.40 bits per heavy atom. The molecule has 1 fully saturated rings. The molecule has 3 aliphatic carbocycles. The summed E-state index contributed by atoms with van der Waals surface area (Å²) in [5.74, 6) is -8.19. The van der Waals surface area contributed by atoms with Crippen molar-refractivity contribution < 1.29 is 39.9 Å². The van der Waals surface area contributed by atoms with Crippen molar-refractivity contribution in [3.63, 3.8) is 0 Å². The molecule has 258 valence electrons. The number of halogens is 1. The SMILES string of the molecule is C.C.C.C.C.C.C.C.C.C.C.CN(C)C1C(=O)C(C(N)=O)=C(O)C2(O)C(=O)C3=C(O)c4c(O)ccc(Cl)c4C(O)C3CC12. The van der Waals surface area contributed by atoms with Crippen LogP contribution in [0.25, 0.3) is 5.76 Å². The number of nitrogens with two attached hydrogens (primary N) is 1. The molecule has 1 aromatic rings. The first-order valence-corrected chi connectivity index (χ1v) is 10.1. The summed E-state index contributed by atoms with van der Waals surface area (Å²) in [6, 6.07) is 1.25. The number of rotatable bonds is 2. The zero-order valence-corrected chi connectivity index (χ0v) is 17.8. The molecule has 5 atom stereocenters. The summed E-state index contributed by atoms with van der Waals surface area (Å²) in [6.07, 6.45) is -1.70. The normalized spacial score (nSPS) is 23.9. The molecule has 0 aromatic heterocycles. The minimum Gasteiger partial charge on any atom is -0.508 e. The van der Waals surface area contributed by atoms with Crippen LogP contribution in [0.2, 0.25) is 5.02 Å². The maximum absolute atomic E-state index is 13.6. The summed E-state index contributed by atoms with van der Waals surface area (Å²) in [5.41, 5.74) is 0.845. The van der Waals surface area contributed by atoms with Crippen molar-refractivity contribution >= 4 is 34.8 Å². The van der Waals surface area contributed by atoms with Crippen molar-refractivity contribution in [2.75, 3.05) is 14.1 Å². The molecular formula is C32H65ClN2O8. The Morgan fingerprint density at radius 3 is 1.81 bits per heavy atom. The van der Waals surface area contributed by atoms with Crippen LogP contribution in [0.3, 0.4) is 0 Å². The van der Waals surface area contributed by atoms with Crippen molar-refractivity contribution in [2.45, 2.75) is 106 Å². The highest BCUT2D eigenvalue weighted by atomic mass is 35.5. The van der Waals surface area contributed by atoms with E-state index in [1.54, 1.807) is 0 Å². The number of aromatic hydroxyl groups is 1. The number of likely N-dealkylation sites (N-methyl/N-ethyl adjacent to an activating group) is 1. The van der Waals surface area contributed by atoms with Gasteiger partial charge in [0, 0.05) is 28.0 Å². The van der Waals surface area contributed by atoms with Crippen LogP contribution in [0, 0.1) is 11.8 Å². The Labute approximate surface area is 267 Å². The fraction of sp³-hybridized carbons (Fsp3) is 0.594. The first-order valence-electron chi connectivity index (χ1n) is 9.69. The summed E-state index contributed by atoms with van der Waals surface area (Å²) in [6.45, 7) is 0. The number of ketones is 2. The summed E-state index contributed by atoms with van der Waals surface area (Å²) >= 11 is 6.19. The second kappa shape index (κ2) is 19.4. The largest absolute Gasteiger partial charge is 0.508 e. The summed E-state index contributed by atoms with van der Waals surface area (Å²) < 4.78 is 0. The van der Waals surface area contributed by atoms with Crippen molar-refractivity contribution in [1.29, 1.82) is 0 Å². The number of aliphatic hydroxyl groups excluding tert-OH is 3. The molecule has 0 bridgehead atoms. The number of Topliss-reactive ketones (excluding diaryl/α,β-unsaturated/α-hetero) is 2. The van der Waals surface area contributed by atoms with Gasteiger partial charge in [0.15, 0.2) is 11.4 Å². The van der Waals surface area contributed by atoms with Gasteiger partial charge in [0.05, 0.1) is 17.7 Å². The van der Waals surface area contributed by atoms with Crippen LogP contribution >= 0.6 is 11.6 Å². The van der Waals surface area contributed by atoms with Gasteiger partial charge in [0.2, 0.25) is 5.78 Å². The van der Waals surface area contributed by atoms with Crippen LogP contribution in [-0.2, 0) is 14.4 Å². The number of benzene rings is 1. The lowest BCUT2D eigenvalue weighted by molar-refractivity contribution is -0.155. The Morgan fingerprint density at radius 1 is 0.930 bits per heavy atom. The Kier molecular flexibility index (Phi) is 26.8. The molecule has 0 saturated heterocycles. The lowest BCUT2D eigenvalue weighted by atomic mass is 9.57. The smallest absolute Gasteiger partial charge is 0.255 e. The van der Waals surface area contributed by atoms with Gasteiger partial charge < -0.3 is 31.3 Å².